The molecule has 0 saturated heterocycles. The monoisotopic (exact) mass is 310 g/mol. The first-order valence-corrected chi connectivity index (χ1v) is 8.09. The zero-order valence-corrected chi connectivity index (χ0v) is 14.5. The molecule has 2 rings (SSSR count). The Morgan fingerprint density at radius 2 is 1.52 bits per heavy atom. The summed E-state index contributed by atoms with van der Waals surface area (Å²) in [6, 6.07) is 12.5. The Morgan fingerprint density at radius 3 is 2.13 bits per heavy atom. The topological polar surface area (TPSA) is 41.1 Å². The van der Waals surface area contributed by atoms with Gasteiger partial charge in [-0.05, 0) is 44.4 Å². The maximum absolute atomic E-state index is 11.9. The predicted octanol–water partition coefficient (Wildman–Crippen LogP) is 4.04. The van der Waals surface area contributed by atoms with Crippen molar-refractivity contribution in [2.75, 3.05) is 11.9 Å². The van der Waals surface area contributed by atoms with E-state index in [1.165, 1.54) is 22.3 Å². The van der Waals surface area contributed by atoms with E-state index in [0.29, 0.717) is 19.5 Å². The van der Waals surface area contributed by atoms with E-state index >= 15 is 0 Å². The lowest BCUT2D eigenvalue weighted by Crippen LogP contribution is -2.25. The average Bonchev–Trinajstić information content (AvgIpc) is 2.49. The van der Waals surface area contributed by atoms with Crippen LogP contribution < -0.4 is 10.6 Å². The van der Waals surface area contributed by atoms with Gasteiger partial charge in [-0.25, -0.2) is 0 Å². The molecular formula is C20H26N2O. The molecule has 3 heteroatoms. The summed E-state index contributed by atoms with van der Waals surface area (Å²) >= 11 is 0. The van der Waals surface area contributed by atoms with Gasteiger partial charge in [0.25, 0.3) is 0 Å². The molecule has 0 fully saturated rings. The van der Waals surface area contributed by atoms with Gasteiger partial charge in [-0.1, -0.05) is 47.5 Å². The minimum absolute atomic E-state index is 0.0699. The van der Waals surface area contributed by atoms with Crippen LogP contribution in [0.15, 0.2) is 36.4 Å². The zero-order valence-electron chi connectivity index (χ0n) is 14.5. The van der Waals surface area contributed by atoms with E-state index in [1.807, 2.05) is 12.1 Å². The van der Waals surface area contributed by atoms with Crippen molar-refractivity contribution in [1.82, 2.24) is 5.32 Å². The molecule has 0 saturated carbocycles. The van der Waals surface area contributed by atoms with Gasteiger partial charge in [0, 0.05) is 25.2 Å². The summed E-state index contributed by atoms with van der Waals surface area (Å²) in [6.45, 7) is 9.58. The van der Waals surface area contributed by atoms with Gasteiger partial charge < -0.3 is 10.6 Å². The number of carbonyl (C=O) groups excluding carboxylic acids is 1. The van der Waals surface area contributed by atoms with Crippen molar-refractivity contribution in [3.63, 3.8) is 0 Å². The van der Waals surface area contributed by atoms with E-state index in [2.05, 4.69) is 62.6 Å². The summed E-state index contributed by atoms with van der Waals surface area (Å²) in [7, 11) is 0. The number of carbonyl (C=O) groups is 1. The molecule has 1 amide bonds. The predicted molar refractivity (Wildman–Crippen MR) is 96.8 cm³/mol. The first-order valence-electron chi connectivity index (χ1n) is 8.09. The SMILES string of the molecule is Cc1ccc(CNC(=O)CCNc2c(C)cc(C)cc2C)cc1. The van der Waals surface area contributed by atoms with Crippen LogP contribution in [0.4, 0.5) is 5.69 Å². The average molecular weight is 310 g/mol. The van der Waals surface area contributed by atoms with E-state index in [1.54, 1.807) is 0 Å². The summed E-state index contributed by atoms with van der Waals surface area (Å²) in [5.41, 5.74) is 7.21. The highest BCUT2D eigenvalue weighted by Crippen LogP contribution is 2.21. The molecule has 0 bridgehead atoms. The van der Waals surface area contributed by atoms with Crippen LogP contribution in [-0.4, -0.2) is 12.5 Å². The van der Waals surface area contributed by atoms with E-state index in [-0.39, 0.29) is 5.91 Å². The van der Waals surface area contributed by atoms with Crippen LogP contribution >= 0.6 is 0 Å². The maximum atomic E-state index is 11.9. The van der Waals surface area contributed by atoms with Crippen molar-refractivity contribution in [3.05, 3.63) is 64.2 Å². The smallest absolute Gasteiger partial charge is 0.222 e. The third kappa shape index (κ3) is 5.13. The molecule has 2 aromatic rings. The lowest BCUT2D eigenvalue weighted by molar-refractivity contribution is -0.121. The minimum atomic E-state index is 0.0699. The molecule has 0 unspecified atom stereocenters. The highest BCUT2D eigenvalue weighted by Gasteiger charge is 2.05. The molecule has 0 atom stereocenters. The fourth-order valence-electron chi connectivity index (χ4n) is 2.75. The molecule has 122 valence electrons. The number of amides is 1. The standard InChI is InChI=1S/C20H26N2O/c1-14-5-7-18(8-6-14)13-22-19(23)9-10-21-20-16(3)11-15(2)12-17(20)4/h5-8,11-12,21H,9-10,13H2,1-4H3,(H,22,23). The van der Waals surface area contributed by atoms with Gasteiger partial charge in [-0.15, -0.1) is 0 Å². The molecule has 0 spiro atoms. The Bertz CT molecular complexity index is 652. The number of hydrogen-bond acceptors (Lipinski definition) is 2. The largest absolute Gasteiger partial charge is 0.384 e. The van der Waals surface area contributed by atoms with Crippen molar-refractivity contribution in [3.8, 4) is 0 Å². The summed E-state index contributed by atoms with van der Waals surface area (Å²) in [5, 5.41) is 6.35. The number of benzene rings is 2. The summed E-state index contributed by atoms with van der Waals surface area (Å²) in [6.07, 6.45) is 0.471. The van der Waals surface area contributed by atoms with Crippen molar-refractivity contribution in [2.45, 2.75) is 40.7 Å². The maximum Gasteiger partial charge on any atom is 0.222 e. The van der Waals surface area contributed by atoms with E-state index < -0.39 is 0 Å². The van der Waals surface area contributed by atoms with Crippen LogP contribution in [0, 0.1) is 27.7 Å². The van der Waals surface area contributed by atoms with Crippen molar-refractivity contribution >= 4 is 11.6 Å². The Morgan fingerprint density at radius 1 is 0.913 bits per heavy atom. The van der Waals surface area contributed by atoms with Crippen LogP contribution in [0.1, 0.15) is 34.2 Å². The molecule has 23 heavy (non-hydrogen) atoms. The normalized spacial score (nSPS) is 10.4. The van der Waals surface area contributed by atoms with Crippen LogP contribution in [0.2, 0.25) is 0 Å². The summed E-state index contributed by atoms with van der Waals surface area (Å²) < 4.78 is 0. The first kappa shape index (κ1) is 17.1. The quantitative estimate of drug-likeness (QED) is 0.845. The first-order chi connectivity index (χ1) is 11.0. The Hall–Kier alpha value is -2.29. The third-order valence-corrected chi connectivity index (χ3v) is 3.94. The molecular weight excluding hydrogens is 284 g/mol. The molecule has 2 N–H and O–H groups in total. The molecule has 0 aliphatic carbocycles. The highest BCUT2D eigenvalue weighted by atomic mass is 16.1. The van der Waals surface area contributed by atoms with Crippen molar-refractivity contribution < 1.29 is 4.79 Å². The second kappa shape index (κ2) is 7.82. The van der Waals surface area contributed by atoms with Gasteiger partial charge in [-0.3, -0.25) is 4.79 Å². The summed E-state index contributed by atoms with van der Waals surface area (Å²) in [5.74, 6) is 0.0699. The molecule has 2 aromatic carbocycles. The van der Waals surface area contributed by atoms with Gasteiger partial charge in [0.1, 0.15) is 0 Å². The molecule has 0 aliphatic heterocycles. The van der Waals surface area contributed by atoms with Crippen molar-refractivity contribution in [1.29, 1.82) is 0 Å². The zero-order chi connectivity index (χ0) is 16.8. The Kier molecular flexibility index (Phi) is 5.80. The lowest BCUT2D eigenvalue weighted by atomic mass is 10.1. The van der Waals surface area contributed by atoms with Gasteiger partial charge >= 0.3 is 0 Å². The van der Waals surface area contributed by atoms with Crippen LogP contribution in [0.5, 0.6) is 0 Å². The Balaban J connectivity index is 1.78. The molecule has 0 radical (unpaired) electrons. The molecule has 3 nitrogen and oxygen atoms in total. The number of hydrogen-bond donors (Lipinski definition) is 2. The van der Waals surface area contributed by atoms with Crippen LogP contribution in [0.25, 0.3) is 0 Å². The minimum Gasteiger partial charge on any atom is -0.384 e. The fraction of sp³-hybridized carbons (Fsp3) is 0.350. The second-order valence-corrected chi connectivity index (χ2v) is 6.21. The van der Waals surface area contributed by atoms with E-state index in [9.17, 15) is 4.79 Å². The van der Waals surface area contributed by atoms with Gasteiger partial charge in [0.15, 0.2) is 0 Å². The fourth-order valence-corrected chi connectivity index (χ4v) is 2.75. The van der Waals surface area contributed by atoms with Crippen molar-refractivity contribution in [2.24, 2.45) is 0 Å². The second-order valence-electron chi connectivity index (χ2n) is 6.21. The third-order valence-electron chi connectivity index (χ3n) is 3.94. The summed E-state index contributed by atoms with van der Waals surface area (Å²) in [4.78, 5) is 11.9. The number of aryl methyl sites for hydroxylation is 4. The van der Waals surface area contributed by atoms with E-state index in [4.69, 9.17) is 0 Å². The Labute approximate surface area is 139 Å². The molecule has 0 heterocycles. The molecule has 0 aliphatic rings. The van der Waals surface area contributed by atoms with E-state index in [0.717, 1.165) is 11.3 Å². The van der Waals surface area contributed by atoms with Crippen LogP contribution in [0.3, 0.4) is 0 Å². The number of rotatable bonds is 6. The van der Waals surface area contributed by atoms with Gasteiger partial charge in [0.2, 0.25) is 5.91 Å². The van der Waals surface area contributed by atoms with Crippen LogP contribution in [-0.2, 0) is 11.3 Å². The molecule has 0 aromatic heterocycles. The highest BCUT2D eigenvalue weighted by molar-refractivity contribution is 5.76. The number of anilines is 1. The van der Waals surface area contributed by atoms with Gasteiger partial charge in [0.05, 0.1) is 0 Å². The lowest BCUT2D eigenvalue weighted by Gasteiger charge is -2.14. The van der Waals surface area contributed by atoms with Gasteiger partial charge in [-0.2, -0.15) is 0 Å². The number of nitrogens with one attached hydrogen (secondary N) is 2.